The van der Waals surface area contributed by atoms with Gasteiger partial charge < -0.3 is 20.4 Å². The van der Waals surface area contributed by atoms with Crippen LogP contribution in [-0.2, 0) is 0 Å². The summed E-state index contributed by atoms with van der Waals surface area (Å²) in [5, 5.41) is 5.80. The topological polar surface area (TPSA) is 64.7 Å². The first-order valence-corrected chi connectivity index (χ1v) is 10.0. The molecule has 0 aromatic heterocycles. The molecule has 2 N–H and O–H groups in total. The molecular formula is C24H24N4O2. The molecule has 3 amide bonds. The zero-order chi connectivity index (χ0) is 20.8. The molecule has 0 aliphatic carbocycles. The summed E-state index contributed by atoms with van der Waals surface area (Å²) in [5.74, 6) is -0.184. The summed E-state index contributed by atoms with van der Waals surface area (Å²) in [6, 6.07) is 26.3. The summed E-state index contributed by atoms with van der Waals surface area (Å²) in [5.41, 5.74) is 3.05. The molecule has 6 nitrogen and oxygen atoms in total. The van der Waals surface area contributed by atoms with Crippen LogP contribution in [0.1, 0.15) is 10.4 Å². The Labute approximate surface area is 176 Å². The monoisotopic (exact) mass is 400 g/mol. The van der Waals surface area contributed by atoms with Gasteiger partial charge in [0.05, 0.1) is 0 Å². The summed E-state index contributed by atoms with van der Waals surface area (Å²) < 4.78 is 0. The van der Waals surface area contributed by atoms with Gasteiger partial charge in [-0.05, 0) is 42.5 Å². The number of benzene rings is 3. The Kier molecular flexibility index (Phi) is 5.94. The highest BCUT2D eigenvalue weighted by Crippen LogP contribution is 2.19. The van der Waals surface area contributed by atoms with Crippen molar-refractivity contribution in [3.63, 3.8) is 0 Å². The van der Waals surface area contributed by atoms with Gasteiger partial charge >= 0.3 is 6.03 Å². The molecule has 6 heteroatoms. The van der Waals surface area contributed by atoms with E-state index in [1.165, 1.54) is 5.69 Å². The minimum atomic E-state index is -0.184. The van der Waals surface area contributed by atoms with E-state index >= 15 is 0 Å². The number of hydrogen-bond donors (Lipinski definition) is 2. The van der Waals surface area contributed by atoms with E-state index in [0.29, 0.717) is 30.0 Å². The molecule has 0 spiro atoms. The molecule has 0 unspecified atom stereocenters. The lowest BCUT2D eigenvalue weighted by Gasteiger charge is -2.36. The van der Waals surface area contributed by atoms with Crippen molar-refractivity contribution in [2.45, 2.75) is 0 Å². The molecular weight excluding hydrogens is 376 g/mol. The quantitative estimate of drug-likeness (QED) is 0.687. The first-order chi connectivity index (χ1) is 14.7. The van der Waals surface area contributed by atoms with Crippen molar-refractivity contribution in [3.05, 3.63) is 90.5 Å². The normalized spacial score (nSPS) is 13.6. The van der Waals surface area contributed by atoms with Crippen LogP contribution >= 0.6 is 0 Å². The second kappa shape index (κ2) is 9.13. The zero-order valence-corrected chi connectivity index (χ0v) is 16.6. The van der Waals surface area contributed by atoms with Gasteiger partial charge in [0.1, 0.15) is 0 Å². The van der Waals surface area contributed by atoms with Gasteiger partial charge in [-0.1, -0.05) is 42.5 Å². The molecule has 30 heavy (non-hydrogen) atoms. The number of nitrogens with zero attached hydrogens (tertiary/aromatic N) is 2. The third-order valence-electron chi connectivity index (χ3n) is 5.10. The predicted octanol–water partition coefficient (Wildman–Crippen LogP) is 4.29. The summed E-state index contributed by atoms with van der Waals surface area (Å²) in [6.45, 7) is 2.91. The van der Waals surface area contributed by atoms with Crippen molar-refractivity contribution in [2.75, 3.05) is 41.7 Å². The van der Waals surface area contributed by atoms with Crippen LogP contribution in [0.3, 0.4) is 0 Å². The molecule has 3 aromatic carbocycles. The van der Waals surface area contributed by atoms with Crippen LogP contribution in [0.15, 0.2) is 84.9 Å². The van der Waals surface area contributed by atoms with Gasteiger partial charge in [0.25, 0.3) is 5.91 Å². The van der Waals surface area contributed by atoms with Gasteiger partial charge in [-0.25, -0.2) is 4.79 Å². The van der Waals surface area contributed by atoms with Crippen molar-refractivity contribution in [1.82, 2.24) is 4.90 Å². The fraction of sp³-hybridized carbons (Fsp3) is 0.167. The van der Waals surface area contributed by atoms with Gasteiger partial charge in [-0.15, -0.1) is 0 Å². The minimum absolute atomic E-state index is 0.130. The molecule has 0 radical (unpaired) electrons. The van der Waals surface area contributed by atoms with Crippen LogP contribution in [0.5, 0.6) is 0 Å². The van der Waals surface area contributed by atoms with E-state index in [2.05, 4.69) is 27.7 Å². The van der Waals surface area contributed by atoms with Gasteiger partial charge in [0.2, 0.25) is 0 Å². The maximum atomic E-state index is 12.7. The summed E-state index contributed by atoms with van der Waals surface area (Å²) in [6.07, 6.45) is 0. The van der Waals surface area contributed by atoms with Crippen molar-refractivity contribution in [3.8, 4) is 0 Å². The zero-order valence-electron chi connectivity index (χ0n) is 16.6. The predicted molar refractivity (Wildman–Crippen MR) is 120 cm³/mol. The van der Waals surface area contributed by atoms with E-state index < -0.39 is 0 Å². The van der Waals surface area contributed by atoms with E-state index in [-0.39, 0.29) is 11.9 Å². The Balaban J connectivity index is 1.33. The number of anilines is 3. The molecule has 1 aliphatic rings. The van der Waals surface area contributed by atoms with Crippen molar-refractivity contribution < 1.29 is 9.59 Å². The number of piperazine rings is 1. The third kappa shape index (κ3) is 4.78. The van der Waals surface area contributed by atoms with Gasteiger partial charge in [-0.3, -0.25) is 4.79 Å². The number of nitrogens with one attached hydrogen (secondary N) is 2. The Morgan fingerprint density at radius 1 is 0.667 bits per heavy atom. The average molecular weight is 400 g/mol. The second-order valence-electron chi connectivity index (χ2n) is 7.14. The Hall–Kier alpha value is -3.80. The van der Waals surface area contributed by atoms with Gasteiger partial charge in [0.15, 0.2) is 0 Å². The smallest absolute Gasteiger partial charge is 0.321 e. The van der Waals surface area contributed by atoms with E-state index in [1.807, 2.05) is 53.4 Å². The molecule has 0 bridgehead atoms. The van der Waals surface area contributed by atoms with Crippen LogP contribution in [0.2, 0.25) is 0 Å². The average Bonchev–Trinajstić information content (AvgIpc) is 2.80. The highest BCUT2D eigenvalue weighted by Gasteiger charge is 2.21. The van der Waals surface area contributed by atoms with E-state index in [1.54, 1.807) is 24.3 Å². The van der Waals surface area contributed by atoms with Crippen LogP contribution in [0.25, 0.3) is 0 Å². The molecule has 0 saturated carbocycles. The first-order valence-electron chi connectivity index (χ1n) is 10.0. The highest BCUT2D eigenvalue weighted by molar-refractivity contribution is 6.04. The lowest BCUT2D eigenvalue weighted by Crippen LogP contribution is -2.50. The lowest BCUT2D eigenvalue weighted by atomic mass is 10.2. The largest absolute Gasteiger partial charge is 0.368 e. The number of carbonyl (C=O) groups is 2. The summed E-state index contributed by atoms with van der Waals surface area (Å²) >= 11 is 0. The Morgan fingerprint density at radius 3 is 1.93 bits per heavy atom. The van der Waals surface area contributed by atoms with E-state index in [9.17, 15) is 9.59 Å². The molecule has 1 aliphatic heterocycles. The molecule has 1 saturated heterocycles. The minimum Gasteiger partial charge on any atom is -0.368 e. The Morgan fingerprint density at radius 2 is 1.27 bits per heavy atom. The maximum Gasteiger partial charge on any atom is 0.321 e. The van der Waals surface area contributed by atoms with Crippen molar-refractivity contribution in [2.24, 2.45) is 0 Å². The maximum absolute atomic E-state index is 12.7. The molecule has 152 valence electrons. The number of amides is 3. The highest BCUT2D eigenvalue weighted by atomic mass is 16.2. The van der Waals surface area contributed by atoms with Gasteiger partial charge in [-0.2, -0.15) is 0 Å². The van der Waals surface area contributed by atoms with Crippen LogP contribution in [0, 0.1) is 0 Å². The van der Waals surface area contributed by atoms with Gasteiger partial charge in [0, 0.05) is 48.8 Å². The van der Waals surface area contributed by atoms with Crippen LogP contribution in [0.4, 0.5) is 21.9 Å². The number of carbonyl (C=O) groups excluding carboxylic acids is 2. The standard InChI is InChI=1S/C24H24N4O2/c29-23(19-8-3-1-4-9-19)25-20-10-7-11-21(18-20)26-24(30)28-16-14-27(15-17-28)22-12-5-2-6-13-22/h1-13,18H,14-17H2,(H,25,29)(H,26,30). The van der Waals surface area contributed by atoms with Crippen molar-refractivity contribution >= 4 is 29.0 Å². The fourth-order valence-corrected chi connectivity index (χ4v) is 3.48. The number of urea groups is 1. The van der Waals surface area contributed by atoms with Crippen molar-refractivity contribution in [1.29, 1.82) is 0 Å². The molecule has 4 rings (SSSR count). The van der Waals surface area contributed by atoms with Crippen LogP contribution in [-0.4, -0.2) is 43.0 Å². The number of para-hydroxylation sites is 1. The van der Waals surface area contributed by atoms with E-state index in [4.69, 9.17) is 0 Å². The second-order valence-corrected chi connectivity index (χ2v) is 7.14. The van der Waals surface area contributed by atoms with E-state index in [0.717, 1.165) is 13.1 Å². The molecule has 0 atom stereocenters. The SMILES string of the molecule is O=C(Nc1cccc(NC(=O)N2CCN(c3ccccc3)CC2)c1)c1ccccc1. The third-order valence-corrected chi connectivity index (χ3v) is 5.10. The first kappa shape index (κ1) is 19.5. The summed E-state index contributed by atoms with van der Waals surface area (Å²) in [4.78, 5) is 29.1. The molecule has 1 fully saturated rings. The fourth-order valence-electron chi connectivity index (χ4n) is 3.48. The molecule has 3 aromatic rings. The Bertz CT molecular complexity index is 1000. The van der Waals surface area contributed by atoms with Crippen LogP contribution < -0.4 is 15.5 Å². The number of rotatable bonds is 4. The summed E-state index contributed by atoms with van der Waals surface area (Å²) in [7, 11) is 0. The molecule has 1 heterocycles. The number of hydrogen-bond acceptors (Lipinski definition) is 3. The lowest BCUT2D eigenvalue weighted by molar-refractivity contribution is 0.102.